The van der Waals surface area contributed by atoms with Crippen LogP contribution in [0.3, 0.4) is 0 Å². The second kappa shape index (κ2) is 16.4. The molecule has 0 aliphatic carbocycles. The number of nitrogens with one attached hydrogen (secondary N) is 1. The molecule has 1 aromatic carbocycles. The average molecular weight is 482 g/mol. The normalized spacial score (nSPS) is 19.4. The monoisotopic (exact) mass is 481 g/mol. The summed E-state index contributed by atoms with van der Waals surface area (Å²) in [5, 5.41) is 13.3. The molecule has 1 heterocycles. The smallest absolute Gasteiger partial charge is 0.407 e. The number of alkyl carbamates (subject to hydrolysis) is 1. The van der Waals surface area contributed by atoms with Gasteiger partial charge >= 0.3 is 6.09 Å². The number of carbonyl (C=O) groups excluding carboxylic acids is 1. The Morgan fingerprint density at radius 1 is 0.939 bits per heavy atom. The summed E-state index contributed by atoms with van der Waals surface area (Å²) in [5.74, 6) is 0. The minimum Gasteiger partial charge on any atom is -0.445 e. The molecule has 9 heteroatoms. The highest BCUT2D eigenvalue weighted by molar-refractivity contribution is 7.16. The highest BCUT2D eigenvalue weighted by Gasteiger charge is 2.17. The highest BCUT2D eigenvalue weighted by atomic mass is 31.0. The fourth-order valence-electron chi connectivity index (χ4n) is 3.91. The summed E-state index contributed by atoms with van der Waals surface area (Å²) in [4.78, 5) is 21.8. The molecule has 1 aliphatic rings. The summed E-state index contributed by atoms with van der Waals surface area (Å²) < 4.78 is 5.24. The highest BCUT2D eigenvalue weighted by Crippen LogP contribution is 2.04. The van der Waals surface area contributed by atoms with Gasteiger partial charge in [-0.25, -0.2) is 4.79 Å². The summed E-state index contributed by atoms with van der Waals surface area (Å²) in [7, 11) is 2.86. The third-order valence-electron chi connectivity index (χ3n) is 6.25. The van der Waals surface area contributed by atoms with E-state index in [4.69, 9.17) is 4.74 Å². The van der Waals surface area contributed by atoms with Gasteiger partial charge in [-0.2, -0.15) is 0 Å². The zero-order valence-corrected chi connectivity index (χ0v) is 21.6. The van der Waals surface area contributed by atoms with Gasteiger partial charge in [-0.15, -0.1) is 9.24 Å². The molecule has 188 valence electrons. The number of likely N-dealkylation sites (N-methyl/N-ethyl adjacent to an activating group) is 2. The van der Waals surface area contributed by atoms with Gasteiger partial charge in [0.05, 0.1) is 6.10 Å². The Hall–Kier alpha value is -1.28. The van der Waals surface area contributed by atoms with Crippen LogP contribution in [-0.2, 0) is 11.3 Å². The van der Waals surface area contributed by atoms with E-state index in [1.807, 2.05) is 30.3 Å². The molecule has 1 aliphatic heterocycles. The van der Waals surface area contributed by atoms with Gasteiger partial charge in [0, 0.05) is 71.7 Å². The molecule has 2 atom stereocenters. The summed E-state index contributed by atoms with van der Waals surface area (Å²) in [6.07, 6.45) is -0.131. The van der Waals surface area contributed by atoms with E-state index in [0.29, 0.717) is 6.54 Å². The number of rotatable bonds is 9. The summed E-state index contributed by atoms with van der Waals surface area (Å²) >= 11 is 0. The van der Waals surface area contributed by atoms with Crippen molar-refractivity contribution in [2.75, 3.05) is 84.8 Å². The molecule has 1 fully saturated rings. The van der Waals surface area contributed by atoms with Crippen molar-refractivity contribution in [2.24, 2.45) is 0 Å². The van der Waals surface area contributed by atoms with Crippen LogP contribution in [0.1, 0.15) is 19.4 Å². The van der Waals surface area contributed by atoms with E-state index in [9.17, 15) is 9.90 Å². The first-order valence-electron chi connectivity index (χ1n) is 12.3. The van der Waals surface area contributed by atoms with Crippen molar-refractivity contribution in [2.45, 2.75) is 26.6 Å². The standard InChI is InChI=1S/C24H44N5O3P/c1-3-26-10-14-28(15-11-27(4-2)13-17-29(21-33)16-12-26)19-23(30)18-25-24(31)32-20-22-8-6-5-7-9-22/h5-9,23,30H,3-4,10-21,33H2,1-2H3,(H,25,31). The Balaban J connectivity index is 1.81. The molecule has 33 heavy (non-hydrogen) atoms. The van der Waals surface area contributed by atoms with Crippen LogP contribution < -0.4 is 5.32 Å². The largest absolute Gasteiger partial charge is 0.445 e. The molecule has 1 saturated heterocycles. The maximum absolute atomic E-state index is 12.0. The zero-order valence-electron chi connectivity index (χ0n) is 20.5. The number of carbonyl (C=O) groups is 1. The van der Waals surface area contributed by atoms with Gasteiger partial charge < -0.3 is 25.0 Å². The number of benzene rings is 1. The third kappa shape index (κ3) is 11.6. The van der Waals surface area contributed by atoms with E-state index in [0.717, 1.165) is 77.3 Å². The lowest BCUT2D eigenvalue weighted by Crippen LogP contribution is -2.48. The van der Waals surface area contributed by atoms with E-state index >= 15 is 0 Å². The maximum Gasteiger partial charge on any atom is 0.407 e. The number of β-amino-alcohol motifs (C(OH)–C–C–N with tert-alkyl or cyclic N) is 1. The van der Waals surface area contributed by atoms with Crippen LogP contribution in [0.4, 0.5) is 4.79 Å². The molecule has 8 nitrogen and oxygen atoms in total. The van der Waals surface area contributed by atoms with Crippen LogP contribution in [0.2, 0.25) is 0 Å². The Morgan fingerprint density at radius 3 is 1.97 bits per heavy atom. The molecule has 0 radical (unpaired) electrons. The lowest BCUT2D eigenvalue weighted by molar-refractivity contribution is 0.0845. The number of ether oxygens (including phenoxy) is 1. The first kappa shape index (κ1) is 28.0. The number of hydrogen-bond donors (Lipinski definition) is 2. The van der Waals surface area contributed by atoms with Crippen LogP contribution in [-0.4, -0.2) is 122 Å². The first-order chi connectivity index (χ1) is 16.0. The van der Waals surface area contributed by atoms with Crippen molar-refractivity contribution in [3.63, 3.8) is 0 Å². The molecule has 0 saturated carbocycles. The van der Waals surface area contributed by atoms with E-state index in [1.54, 1.807) is 0 Å². The van der Waals surface area contributed by atoms with Crippen LogP contribution in [0.25, 0.3) is 0 Å². The lowest BCUT2D eigenvalue weighted by Gasteiger charge is -2.34. The predicted octanol–water partition coefficient (Wildman–Crippen LogP) is 1.37. The van der Waals surface area contributed by atoms with E-state index < -0.39 is 12.2 Å². The Bertz CT molecular complexity index is 634. The van der Waals surface area contributed by atoms with E-state index in [-0.39, 0.29) is 13.2 Å². The number of aliphatic hydroxyl groups is 1. The molecule has 2 N–H and O–H groups in total. The first-order valence-corrected chi connectivity index (χ1v) is 13.1. The summed E-state index contributed by atoms with van der Waals surface area (Å²) in [5.41, 5.74) is 0.939. The summed E-state index contributed by atoms with van der Waals surface area (Å²) in [6, 6.07) is 9.58. The van der Waals surface area contributed by atoms with Crippen molar-refractivity contribution in [1.82, 2.24) is 24.9 Å². The van der Waals surface area contributed by atoms with Crippen LogP contribution in [0, 0.1) is 0 Å². The van der Waals surface area contributed by atoms with Crippen LogP contribution in [0.5, 0.6) is 0 Å². The molecule has 1 aromatic rings. The van der Waals surface area contributed by atoms with Gasteiger partial charge in [0.2, 0.25) is 0 Å². The topological polar surface area (TPSA) is 71.5 Å². The molecule has 2 unspecified atom stereocenters. The Morgan fingerprint density at radius 2 is 1.45 bits per heavy atom. The fraction of sp³-hybridized carbons (Fsp3) is 0.708. The van der Waals surface area contributed by atoms with Gasteiger partial charge in [0.1, 0.15) is 6.61 Å². The van der Waals surface area contributed by atoms with Gasteiger partial charge in [-0.3, -0.25) is 9.80 Å². The minimum atomic E-state index is -0.639. The van der Waals surface area contributed by atoms with Gasteiger partial charge in [0.15, 0.2) is 0 Å². The maximum atomic E-state index is 12.0. The van der Waals surface area contributed by atoms with Gasteiger partial charge in [-0.1, -0.05) is 44.2 Å². The minimum absolute atomic E-state index is 0.183. The van der Waals surface area contributed by atoms with Crippen molar-refractivity contribution in [3.8, 4) is 0 Å². The number of aliphatic hydroxyl groups excluding tert-OH is 1. The summed E-state index contributed by atoms with van der Waals surface area (Å²) in [6.45, 7) is 15.4. The van der Waals surface area contributed by atoms with Gasteiger partial charge in [-0.05, 0) is 18.7 Å². The molecular formula is C24H44N5O3P. The SMILES string of the molecule is CCN1CCN(CP)CCN(CC)CCN(CC(O)CNC(=O)OCc2ccccc2)CC1. The molecule has 1 amide bonds. The second-order valence-electron chi connectivity index (χ2n) is 8.57. The lowest BCUT2D eigenvalue weighted by atomic mass is 10.2. The molecule has 0 bridgehead atoms. The molecule has 2 rings (SSSR count). The van der Waals surface area contributed by atoms with Gasteiger partial charge in [0.25, 0.3) is 0 Å². The Kier molecular flexibility index (Phi) is 13.9. The van der Waals surface area contributed by atoms with Crippen molar-refractivity contribution < 1.29 is 14.6 Å². The van der Waals surface area contributed by atoms with E-state index in [1.165, 1.54) is 0 Å². The van der Waals surface area contributed by atoms with Crippen molar-refractivity contribution in [3.05, 3.63) is 35.9 Å². The van der Waals surface area contributed by atoms with Crippen LogP contribution >= 0.6 is 9.24 Å². The molecule has 0 aromatic heterocycles. The molecule has 0 spiro atoms. The number of hydrogen-bond acceptors (Lipinski definition) is 7. The van der Waals surface area contributed by atoms with Crippen molar-refractivity contribution in [1.29, 1.82) is 0 Å². The zero-order chi connectivity index (χ0) is 23.9. The average Bonchev–Trinajstić information content (AvgIpc) is 2.84. The van der Waals surface area contributed by atoms with Crippen molar-refractivity contribution >= 4 is 15.3 Å². The quantitative estimate of drug-likeness (QED) is 0.516. The Labute approximate surface area is 202 Å². The predicted molar refractivity (Wildman–Crippen MR) is 137 cm³/mol. The van der Waals surface area contributed by atoms with E-state index in [2.05, 4.69) is 48.0 Å². The number of amides is 1. The molecular weight excluding hydrogens is 437 g/mol. The second-order valence-corrected chi connectivity index (χ2v) is 8.93. The number of nitrogens with zero attached hydrogens (tertiary/aromatic N) is 4. The van der Waals surface area contributed by atoms with Crippen LogP contribution in [0.15, 0.2) is 30.3 Å². The third-order valence-corrected chi connectivity index (χ3v) is 6.76. The fourth-order valence-corrected chi connectivity index (χ4v) is 4.28.